The van der Waals surface area contributed by atoms with Gasteiger partial charge in [-0.05, 0) is 46.8 Å². The first-order valence-corrected chi connectivity index (χ1v) is 14.2. The van der Waals surface area contributed by atoms with Crippen LogP contribution in [-0.2, 0) is 14.8 Å². The minimum absolute atomic E-state index is 0.128. The van der Waals surface area contributed by atoms with Gasteiger partial charge in [-0.25, -0.2) is 23.2 Å². The molecule has 4 rings (SSSR count). The van der Waals surface area contributed by atoms with Crippen LogP contribution in [0.15, 0.2) is 26.5 Å². The van der Waals surface area contributed by atoms with E-state index < -0.39 is 16.0 Å². The van der Waals surface area contributed by atoms with Gasteiger partial charge in [0.15, 0.2) is 0 Å². The molecule has 178 valence electrons. The lowest BCUT2D eigenvalue weighted by molar-refractivity contribution is 0.0606. The Hall–Kier alpha value is -1.64. The Morgan fingerprint density at radius 1 is 1.30 bits per heavy atom. The van der Waals surface area contributed by atoms with Crippen LogP contribution in [0.3, 0.4) is 0 Å². The van der Waals surface area contributed by atoms with Crippen LogP contribution in [0.4, 0.5) is 5.82 Å². The molecule has 33 heavy (non-hydrogen) atoms. The third-order valence-corrected chi connectivity index (χ3v) is 11.2. The Labute approximate surface area is 209 Å². The van der Waals surface area contributed by atoms with Crippen LogP contribution >= 0.6 is 38.6 Å². The molecule has 0 aromatic carbocycles. The fourth-order valence-corrected chi connectivity index (χ4v) is 8.82. The molecule has 9 nitrogen and oxygen atoms in total. The molecular formula is C20H24BrN5O4S3. The zero-order valence-electron chi connectivity index (χ0n) is 18.4. The Bertz CT molecular complexity index is 1270. The van der Waals surface area contributed by atoms with E-state index in [9.17, 15) is 13.2 Å². The number of aromatic nitrogens is 2. The van der Waals surface area contributed by atoms with Crippen LogP contribution in [-0.4, -0.2) is 79.4 Å². The van der Waals surface area contributed by atoms with E-state index >= 15 is 0 Å². The molecule has 0 aliphatic carbocycles. The highest BCUT2D eigenvalue weighted by Gasteiger charge is 2.33. The monoisotopic (exact) mass is 573 g/mol. The first-order chi connectivity index (χ1) is 15.7. The number of sulfonamides is 1. The number of halogens is 1. The fraction of sp³-hybridized carbons (Fsp3) is 0.450. The van der Waals surface area contributed by atoms with Crippen molar-refractivity contribution in [2.24, 2.45) is 0 Å². The van der Waals surface area contributed by atoms with E-state index in [0.29, 0.717) is 30.7 Å². The molecule has 0 bridgehead atoms. The molecule has 4 heterocycles. The van der Waals surface area contributed by atoms with Gasteiger partial charge in [-0.1, -0.05) is 0 Å². The number of esters is 1. The lowest BCUT2D eigenvalue weighted by atomic mass is 10.2. The average molecular weight is 575 g/mol. The van der Waals surface area contributed by atoms with Crippen LogP contribution < -0.4 is 5.32 Å². The summed E-state index contributed by atoms with van der Waals surface area (Å²) in [5, 5.41) is 5.55. The third kappa shape index (κ3) is 5.08. The standard InChI is InChI=1S/C20H24BrN5O4S3/c1-12-10-31-17-16(12)22-11-23-18(17)24-13(2)9-25-4-6-26(7-5-25)33(28,29)20-14(21)8-15(32-20)19(27)30-3/h8,10-11,13H,4-7,9H2,1-3H3,(H,22,23,24). The normalized spacial score (nSPS) is 16.7. The van der Waals surface area contributed by atoms with Crippen molar-refractivity contribution in [3.8, 4) is 0 Å². The van der Waals surface area contributed by atoms with Crippen molar-refractivity contribution in [2.75, 3.05) is 45.2 Å². The van der Waals surface area contributed by atoms with Gasteiger partial charge in [0, 0.05) is 43.2 Å². The molecule has 0 spiro atoms. The summed E-state index contributed by atoms with van der Waals surface area (Å²) >= 11 is 5.83. The number of hydrogen-bond acceptors (Lipinski definition) is 10. The lowest BCUT2D eigenvalue weighted by Crippen LogP contribution is -2.50. The summed E-state index contributed by atoms with van der Waals surface area (Å²) in [6.45, 7) is 6.90. The molecule has 0 radical (unpaired) electrons. The van der Waals surface area contributed by atoms with Crippen LogP contribution in [0.2, 0.25) is 0 Å². The highest BCUT2D eigenvalue weighted by molar-refractivity contribution is 9.10. The minimum Gasteiger partial charge on any atom is -0.465 e. The van der Waals surface area contributed by atoms with E-state index in [1.54, 1.807) is 17.7 Å². The first kappa shape index (κ1) is 24.5. The number of fused-ring (bicyclic) bond motifs is 1. The number of carbonyl (C=O) groups is 1. The van der Waals surface area contributed by atoms with E-state index in [2.05, 4.69) is 48.4 Å². The second-order valence-electron chi connectivity index (χ2n) is 7.81. The topological polar surface area (TPSA) is 105 Å². The lowest BCUT2D eigenvalue weighted by Gasteiger charge is -2.35. The van der Waals surface area contributed by atoms with Crippen molar-refractivity contribution in [3.05, 3.63) is 32.7 Å². The summed E-state index contributed by atoms with van der Waals surface area (Å²) in [5.41, 5.74) is 2.11. The van der Waals surface area contributed by atoms with Gasteiger partial charge in [0.25, 0.3) is 10.0 Å². The largest absolute Gasteiger partial charge is 0.465 e. The van der Waals surface area contributed by atoms with Crippen molar-refractivity contribution in [1.29, 1.82) is 0 Å². The van der Waals surface area contributed by atoms with Crippen LogP contribution in [0.1, 0.15) is 22.2 Å². The number of anilines is 1. The van der Waals surface area contributed by atoms with Crippen molar-refractivity contribution in [1.82, 2.24) is 19.2 Å². The molecule has 1 atom stereocenters. The van der Waals surface area contributed by atoms with Gasteiger partial charge >= 0.3 is 5.97 Å². The first-order valence-electron chi connectivity index (χ1n) is 10.3. The second-order valence-corrected chi connectivity index (χ2v) is 12.7. The van der Waals surface area contributed by atoms with Crippen molar-refractivity contribution >= 4 is 70.6 Å². The summed E-state index contributed by atoms with van der Waals surface area (Å²) in [6.07, 6.45) is 1.58. The Balaban J connectivity index is 1.36. The summed E-state index contributed by atoms with van der Waals surface area (Å²) in [5.74, 6) is 0.280. The molecule has 1 unspecified atom stereocenters. The fourth-order valence-electron chi connectivity index (χ4n) is 3.74. The SMILES string of the molecule is COC(=O)c1cc(Br)c(S(=O)(=O)N2CCN(CC(C)Nc3ncnc4c(C)csc34)CC2)s1. The van der Waals surface area contributed by atoms with Crippen LogP contribution in [0, 0.1) is 6.92 Å². The van der Waals surface area contributed by atoms with Crippen molar-refractivity contribution < 1.29 is 17.9 Å². The van der Waals surface area contributed by atoms with Crippen molar-refractivity contribution in [2.45, 2.75) is 24.1 Å². The molecule has 3 aromatic heterocycles. The van der Waals surface area contributed by atoms with E-state index in [1.807, 2.05) is 6.92 Å². The number of rotatable bonds is 7. The number of nitrogens with one attached hydrogen (secondary N) is 1. The molecule has 3 aromatic rings. The van der Waals surface area contributed by atoms with E-state index in [0.717, 1.165) is 39.5 Å². The van der Waals surface area contributed by atoms with Gasteiger partial charge in [-0.2, -0.15) is 4.31 Å². The number of carbonyl (C=O) groups excluding carboxylic acids is 1. The number of methoxy groups -OCH3 is 1. The predicted molar refractivity (Wildman–Crippen MR) is 134 cm³/mol. The average Bonchev–Trinajstić information content (AvgIpc) is 3.37. The molecule has 1 saturated heterocycles. The smallest absolute Gasteiger partial charge is 0.348 e. The number of aryl methyl sites for hydroxylation is 1. The highest BCUT2D eigenvalue weighted by atomic mass is 79.9. The van der Waals surface area contributed by atoms with Gasteiger partial charge in [0.2, 0.25) is 0 Å². The van der Waals surface area contributed by atoms with E-state index in [4.69, 9.17) is 4.74 Å². The zero-order valence-corrected chi connectivity index (χ0v) is 22.4. The third-order valence-electron chi connectivity index (χ3n) is 5.39. The summed E-state index contributed by atoms with van der Waals surface area (Å²) in [6, 6.07) is 1.62. The molecule has 13 heteroatoms. The van der Waals surface area contributed by atoms with Crippen LogP contribution in [0.5, 0.6) is 0 Å². The van der Waals surface area contributed by atoms with Gasteiger partial charge in [-0.3, -0.25) is 4.90 Å². The summed E-state index contributed by atoms with van der Waals surface area (Å²) in [4.78, 5) is 23.0. The molecule has 1 N–H and O–H groups in total. The van der Waals surface area contributed by atoms with E-state index in [-0.39, 0.29) is 15.1 Å². The molecule has 0 saturated carbocycles. The Morgan fingerprint density at radius 3 is 2.73 bits per heavy atom. The minimum atomic E-state index is -3.70. The molecule has 0 amide bonds. The number of nitrogens with zero attached hydrogens (tertiary/aromatic N) is 4. The van der Waals surface area contributed by atoms with Gasteiger partial charge in [-0.15, -0.1) is 22.7 Å². The number of ether oxygens (including phenoxy) is 1. The molecule has 1 fully saturated rings. The van der Waals surface area contributed by atoms with Gasteiger partial charge < -0.3 is 10.1 Å². The van der Waals surface area contributed by atoms with Crippen LogP contribution in [0.25, 0.3) is 10.2 Å². The molecule has 1 aliphatic heterocycles. The molecular weight excluding hydrogens is 550 g/mol. The zero-order chi connectivity index (χ0) is 23.8. The van der Waals surface area contributed by atoms with Gasteiger partial charge in [0.05, 0.1) is 17.3 Å². The van der Waals surface area contributed by atoms with E-state index in [1.165, 1.54) is 17.5 Å². The maximum atomic E-state index is 13.1. The quantitative estimate of drug-likeness (QED) is 0.429. The second kappa shape index (κ2) is 9.92. The molecule has 1 aliphatic rings. The van der Waals surface area contributed by atoms with Crippen molar-refractivity contribution in [3.63, 3.8) is 0 Å². The maximum Gasteiger partial charge on any atom is 0.348 e. The predicted octanol–water partition coefficient (Wildman–Crippen LogP) is 3.42. The Morgan fingerprint density at radius 2 is 2.03 bits per heavy atom. The highest BCUT2D eigenvalue weighted by Crippen LogP contribution is 2.34. The maximum absolute atomic E-state index is 13.1. The van der Waals surface area contributed by atoms with Gasteiger partial charge in [0.1, 0.15) is 21.2 Å². The number of thiophene rings is 2. The summed E-state index contributed by atoms with van der Waals surface area (Å²) < 4.78 is 34.0. The Kier molecular flexibility index (Phi) is 7.36. The summed E-state index contributed by atoms with van der Waals surface area (Å²) in [7, 11) is -2.42. The number of piperazine rings is 1. The number of hydrogen-bond donors (Lipinski definition) is 1.